The Bertz CT molecular complexity index is 969. The smallest absolute Gasteiger partial charge is 0.0568 e. The molecule has 3 aromatic rings. The highest BCUT2D eigenvalue weighted by atomic mass is 15.2. The van der Waals surface area contributed by atoms with Crippen molar-refractivity contribution in [3.63, 3.8) is 0 Å². The van der Waals surface area contributed by atoms with Gasteiger partial charge in [-0.1, -0.05) is 24.3 Å². The molecule has 152 valence electrons. The number of anilines is 2. The van der Waals surface area contributed by atoms with E-state index >= 15 is 0 Å². The number of fused-ring (bicyclic) bond motifs is 1. The molecule has 0 radical (unpaired) electrons. The normalized spacial score (nSPS) is 13.4. The summed E-state index contributed by atoms with van der Waals surface area (Å²) in [5.41, 5.74) is 7.90. The van der Waals surface area contributed by atoms with Crippen LogP contribution in [-0.4, -0.2) is 28.4 Å². The molecule has 0 bridgehead atoms. The molecule has 2 aromatic carbocycles. The van der Waals surface area contributed by atoms with E-state index in [1.807, 2.05) is 17.9 Å². The summed E-state index contributed by atoms with van der Waals surface area (Å²) in [5.74, 6) is 0. The van der Waals surface area contributed by atoms with Crippen molar-refractivity contribution in [1.29, 1.82) is 0 Å². The molecule has 4 nitrogen and oxygen atoms in total. The third-order valence-electron chi connectivity index (χ3n) is 5.92. The summed E-state index contributed by atoms with van der Waals surface area (Å²) in [6.07, 6.45) is 5.14. The van der Waals surface area contributed by atoms with Crippen LogP contribution >= 0.6 is 0 Å². The van der Waals surface area contributed by atoms with Crippen molar-refractivity contribution in [1.82, 2.24) is 9.78 Å². The van der Waals surface area contributed by atoms with Crippen molar-refractivity contribution in [3.8, 4) is 11.1 Å². The molecule has 0 aliphatic carbocycles. The molecular formula is C25H32N4. The Morgan fingerprint density at radius 2 is 1.76 bits per heavy atom. The molecule has 0 fully saturated rings. The van der Waals surface area contributed by atoms with Gasteiger partial charge in [-0.25, -0.2) is 0 Å². The molecule has 0 amide bonds. The monoisotopic (exact) mass is 388 g/mol. The average Bonchev–Trinajstić information content (AvgIpc) is 3.32. The van der Waals surface area contributed by atoms with E-state index in [2.05, 4.69) is 91.3 Å². The first-order valence-corrected chi connectivity index (χ1v) is 10.7. The molecule has 0 N–H and O–H groups in total. The quantitative estimate of drug-likeness (QED) is 0.575. The van der Waals surface area contributed by atoms with Crippen LogP contribution in [0.25, 0.3) is 11.1 Å². The van der Waals surface area contributed by atoms with Gasteiger partial charge in [-0.3, -0.25) is 4.68 Å². The minimum Gasteiger partial charge on any atom is -0.369 e. The van der Waals surface area contributed by atoms with Gasteiger partial charge in [0.2, 0.25) is 0 Å². The molecule has 1 aromatic heterocycles. The minimum atomic E-state index is 0.425. The van der Waals surface area contributed by atoms with Crippen molar-refractivity contribution < 1.29 is 0 Å². The predicted molar refractivity (Wildman–Crippen MR) is 123 cm³/mol. The lowest BCUT2D eigenvalue weighted by Crippen LogP contribution is -2.30. The molecule has 0 atom stereocenters. The molecule has 1 aliphatic rings. The molecule has 4 rings (SSSR count). The first-order valence-electron chi connectivity index (χ1n) is 10.7. The summed E-state index contributed by atoms with van der Waals surface area (Å²) >= 11 is 0. The van der Waals surface area contributed by atoms with Gasteiger partial charge < -0.3 is 9.80 Å². The maximum Gasteiger partial charge on any atom is 0.0568 e. The van der Waals surface area contributed by atoms with Crippen LogP contribution in [0.5, 0.6) is 0 Å². The highest BCUT2D eigenvalue weighted by molar-refractivity contribution is 5.66. The van der Waals surface area contributed by atoms with E-state index in [9.17, 15) is 0 Å². The van der Waals surface area contributed by atoms with Crippen LogP contribution in [0.3, 0.4) is 0 Å². The van der Waals surface area contributed by atoms with E-state index in [0.29, 0.717) is 12.1 Å². The molecule has 0 unspecified atom stereocenters. The molecule has 0 spiro atoms. The second-order valence-corrected chi connectivity index (χ2v) is 8.67. The second kappa shape index (κ2) is 7.94. The minimum absolute atomic E-state index is 0.425. The number of rotatable bonds is 6. The third kappa shape index (κ3) is 4.02. The zero-order chi connectivity index (χ0) is 20.5. The zero-order valence-corrected chi connectivity index (χ0v) is 18.3. The van der Waals surface area contributed by atoms with Crippen molar-refractivity contribution in [3.05, 3.63) is 66.0 Å². The van der Waals surface area contributed by atoms with Crippen molar-refractivity contribution >= 4 is 11.4 Å². The van der Waals surface area contributed by atoms with Gasteiger partial charge in [-0.05, 0) is 69.0 Å². The summed E-state index contributed by atoms with van der Waals surface area (Å²) < 4.78 is 1.85. The van der Waals surface area contributed by atoms with E-state index in [0.717, 1.165) is 25.1 Å². The lowest BCUT2D eigenvalue weighted by molar-refractivity contribution is 0.681. The number of hydrogen-bond donors (Lipinski definition) is 0. The van der Waals surface area contributed by atoms with Crippen LogP contribution in [0.2, 0.25) is 0 Å². The number of benzene rings is 2. The molecule has 0 saturated heterocycles. The molecule has 4 heteroatoms. The Balaban J connectivity index is 1.57. The van der Waals surface area contributed by atoms with Crippen molar-refractivity contribution in [2.24, 2.45) is 7.05 Å². The molecule has 2 heterocycles. The lowest BCUT2D eigenvalue weighted by atomic mass is 10.1. The molecule has 29 heavy (non-hydrogen) atoms. The lowest BCUT2D eigenvalue weighted by Gasteiger charge is -2.30. The first kappa shape index (κ1) is 19.6. The van der Waals surface area contributed by atoms with Gasteiger partial charge in [0.05, 0.1) is 6.20 Å². The van der Waals surface area contributed by atoms with Gasteiger partial charge in [-0.2, -0.15) is 5.10 Å². The van der Waals surface area contributed by atoms with Crippen LogP contribution < -0.4 is 9.80 Å². The van der Waals surface area contributed by atoms with E-state index in [-0.39, 0.29) is 0 Å². The van der Waals surface area contributed by atoms with Crippen LogP contribution in [0, 0.1) is 0 Å². The predicted octanol–water partition coefficient (Wildman–Crippen LogP) is 5.27. The molecule has 0 saturated carbocycles. The number of aromatic nitrogens is 2. The van der Waals surface area contributed by atoms with Gasteiger partial charge >= 0.3 is 0 Å². The maximum atomic E-state index is 4.28. The fraction of sp³-hybridized carbons (Fsp3) is 0.400. The van der Waals surface area contributed by atoms with Crippen molar-refractivity contribution in [2.45, 2.75) is 52.7 Å². The third-order valence-corrected chi connectivity index (χ3v) is 5.92. The SMILES string of the molecule is CC(C)N(Cc1ccc2c(c1)N(C(C)C)CC2)c1ccc(-c2cnn(C)c2)cc1. The highest BCUT2D eigenvalue weighted by Gasteiger charge is 2.22. The number of nitrogens with zero attached hydrogens (tertiary/aromatic N) is 4. The van der Waals surface area contributed by atoms with Crippen LogP contribution in [0.1, 0.15) is 38.8 Å². The number of aryl methyl sites for hydroxylation is 1. The summed E-state index contributed by atoms with van der Waals surface area (Å²) in [5, 5.41) is 4.28. The topological polar surface area (TPSA) is 24.3 Å². The van der Waals surface area contributed by atoms with Gasteiger partial charge in [-0.15, -0.1) is 0 Å². The van der Waals surface area contributed by atoms with Crippen LogP contribution in [0.4, 0.5) is 11.4 Å². The van der Waals surface area contributed by atoms with E-state index < -0.39 is 0 Å². The Morgan fingerprint density at radius 1 is 1.00 bits per heavy atom. The summed E-state index contributed by atoms with van der Waals surface area (Å²) in [4.78, 5) is 5.00. The largest absolute Gasteiger partial charge is 0.369 e. The summed E-state index contributed by atoms with van der Waals surface area (Å²) in [7, 11) is 1.95. The molecular weight excluding hydrogens is 356 g/mol. The van der Waals surface area contributed by atoms with Crippen LogP contribution in [0.15, 0.2) is 54.9 Å². The number of hydrogen-bond acceptors (Lipinski definition) is 3. The fourth-order valence-corrected chi connectivity index (χ4v) is 4.27. The first-order chi connectivity index (χ1) is 13.9. The zero-order valence-electron chi connectivity index (χ0n) is 18.3. The van der Waals surface area contributed by atoms with Gasteiger partial charge in [0, 0.05) is 55.4 Å². The second-order valence-electron chi connectivity index (χ2n) is 8.67. The standard InChI is InChI=1S/C25H32N4/c1-18(2)28-13-12-22-7-6-20(14-25(22)28)16-29(19(3)4)24-10-8-21(9-11-24)23-15-26-27(5)17-23/h6-11,14-15,17-19H,12-13,16H2,1-5H3. The van der Waals surface area contributed by atoms with Crippen LogP contribution in [-0.2, 0) is 20.0 Å². The fourth-order valence-electron chi connectivity index (χ4n) is 4.27. The Labute approximate surface area is 174 Å². The van der Waals surface area contributed by atoms with Gasteiger partial charge in [0.25, 0.3) is 0 Å². The average molecular weight is 389 g/mol. The van der Waals surface area contributed by atoms with E-state index in [1.54, 1.807) is 0 Å². The Kier molecular flexibility index (Phi) is 5.35. The van der Waals surface area contributed by atoms with Gasteiger partial charge in [0.15, 0.2) is 0 Å². The Hall–Kier alpha value is -2.75. The maximum absolute atomic E-state index is 4.28. The Morgan fingerprint density at radius 3 is 2.38 bits per heavy atom. The molecule has 1 aliphatic heterocycles. The summed E-state index contributed by atoms with van der Waals surface area (Å²) in [6.45, 7) is 11.2. The van der Waals surface area contributed by atoms with E-state index in [1.165, 1.54) is 28.1 Å². The van der Waals surface area contributed by atoms with Crippen molar-refractivity contribution in [2.75, 3.05) is 16.3 Å². The summed E-state index contributed by atoms with van der Waals surface area (Å²) in [6, 6.07) is 16.9. The highest BCUT2D eigenvalue weighted by Crippen LogP contribution is 2.32. The van der Waals surface area contributed by atoms with Gasteiger partial charge in [0.1, 0.15) is 0 Å². The van der Waals surface area contributed by atoms with E-state index in [4.69, 9.17) is 0 Å².